The van der Waals surface area contributed by atoms with Crippen LogP contribution in [0.4, 0.5) is 0 Å². The second-order valence-corrected chi connectivity index (χ2v) is 15.2. The van der Waals surface area contributed by atoms with Gasteiger partial charge in [0, 0.05) is 18.9 Å². The lowest BCUT2D eigenvalue weighted by Gasteiger charge is -2.48. The average molecular weight is 437 g/mol. The first kappa shape index (κ1) is 25.1. The summed E-state index contributed by atoms with van der Waals surface area (Å²) in [5.41, 5.74) is -1.43. The van der Waals surface area contributed by atoms with Gasteiger partial charge >= 0.3 is 0 Å². The lowest BCUT2D eigenvalue weighted by molar-refractivity contribution is -0.137. The minimum atomic E-state index is -2.15. The Kier molecular flexibility index (Phi) is 7.69. The zero-order valence-electron chi connectivity index (χ0n) is 19.7. The van der Waals surface area contributed by atoms with Crippen LogP contribution < -0.4 is 0 Å². The molecular weight excluding hydrogens is 400 g/mol. The van der Waals surface area contributed by atoms with E-state index in [1.54, 1.807) is 6.08 Å². The highest BCUT2D eigenvalue weighted by molar-refractivity contribution is 6.74. The first-order valence-electron chi connectivity index (χ1n) is 11.2. The Morgan fingerprint density at radius 2 is 1.81 bits per heavy atom. The van der Waals surface area contributed by atoms with E-state index in [2.05, 4.69) is 52.6 Å². The van der Waals surface area contributed by atoms with Crippen LogP contribution in [-0.2, 0) is 9.22 Å². The van der Waals surface area contributed by atoms with Gasteiger partial charge in [0.25, 0.3) is 0 Å². The molecule has 31 heavy (non-hydrogen) atoms. The fourth-order valence-corrected chi connectivity index (χ4v) is 5.54. The number of hydrogen-bond acceptors (Lipinski definition) is 4. The van der Waals surface area contributed by atoms with Gasteiger partial charge in [0.15, 0.2) is 13.7 Å². The summed E-state index contributed by atoms with van der Waals surface area (Å²) in [4.78, 5) is 13.7. The third-order valence-corrected chi connectivity index (χ3v) is 11.9. The van der Waals surface area contributed by atoms with E-state index in [9.17, 15) is 15.3 Å². The molecule has 2 rings (SSSR count). The second kappa shape index (κ2) is 9.51. The summed E-state index contributed by atoms with van der Waals surface area (Å²) in [6.07, 6.45) is 4.65. The molecule has 1 aliphatic rings. The average Bonchev–Trinajstić information content (AvgIpc) is 2.73. The molecule has 0 aromatic heterocycles. The molecule has 1 aromatic carbocycles. The normalized spacial score (nSPS) is 21.1. The van der Waals surface area contributed by atoms with E-state index in [4.69, 9.17) is 4.43 Å². The molecule has 1 aromatic rings. The Hall–Kier alpha value is -2.21. The molecule has 0 bridgehead atoms. The maximum Gasteiger partial charge on any atom is 0.192 e. The Labute approximate surface area is 189 Å². The number of Topliss-reactive ketones (excluding diaryl/α,β-unsaturated/α-hetero) is 1. The molecule has 0 spiro atoms. The first-order chi connectivity index (χ1) is 14.5. The van der Waals surface area contributed by atoms with Gasteiger partial charge in [0.2, 0.25) is 0 Å². The van der Waals surface area contributed by atoms with Crippen molar-refractivity contribution >= 4 is 14.1 Å². The fraction of sp³-hybridized carbons (Fsp3) is 0.577. The van der Waals surface area contributed by atoms with Gasteiger partial charge in [-0.2, -0.15) is 10.5 Å². The maximum absolute atomic E-state index is 13.7. The van der Waals surface area contributed by atoms with Crippen molar-refractivity contribution in [3.63, 3.8) is 0 Å². The molecule has 1 aliphatic carbocycles. The van der Waals surface area contributed by atoms with Gasteiger partial charge in [0.1, 0.15) is 5.78 Å². The van der Waals surface area contributed by atoms with Crippen LogP contribution in [0, 0.1) is 33.5 Å². The lowest BCUT2D eigenvalue weighted by atomic mass is 9.54. The molecular formula is C26H36N2O2Si. The first-order valence-corrected chi connectivity index (χ1v) is 14.1. The van der Waals surface area contributed by atoms with Gasteiger partial charge in [-0.1, -0.05) is 63.6 Å². The van der Waals surface area contributed by atoms with E-state index in [0.29, 0.717) is 12.8 Å². The van der Waals surface area contributed by atoms with E-state index >= 15 is 0 Å². The highest BCUT2D eigenvalue weighted by Crippen LogP contribution is 2.55. The fourth-order valence-electron chi connectivity index (χ4n) is 4.49. The Balaban J connectivity index is 2.71. The van der Waals surface area contributed by atoms with Gasteiger partial charge < -0.3 is 4.43 Å². The highest BCUT2D eigenvalue weighted by atomic mass is 28.4. The molecule has 0 radical (unpaired) electrons. The van der Waals surface area contributed by atoms with Crippen molar-refractivity contribution in [2.45, 2.75) is 76.9 Å². The summed E-state index contributed by atoms with van der Waals surface area (Å²) in [5, 5.41) is 20.5. The van der Waals surface area contributed by atoms with Crippen molar-refractivity contribution < 1.29 is 9.22 Å². The van der Waals surface area contributed by atoms with Gasteiger partial charge in [-0.15, -0.1) is 6.58 Å². The standard InChI is InChI=1S/C26H36N2O2Si/c1-7-16-25(18-27,19-28)23(21-13-9-8-10-14-21)26(17-12-11-15-22(26)29)20-30-31(5,6)24(2,3)4/h7-10,13-14,23H,1,11-12,15-17,20H2,2-6H3/t23-,26-/m1/s1. The Morgan fingerprint density at radius 1 is 1.19 bits per heavy atom. The van der Waals surface area contributed by atoms with Crippen LogP contribution in [0.15, 0.2) is 43.0 Å². The number of hydrogen-bond donors (Lipinski definition) is 0. The third-order valence-electron chi connectivity index (χ3n) is 7.37. The number of nitrogens with zero attached hydrogens (tertiary/aromatic N) is 2. The zero-order chi connectivity index (χ0) is 23.3. The van der Waals surface area contributed by atoms with Crippen molar-refractivity contribution in [1.29, 1.82) is 10.5 Å². The van der Waals surface area contributed by atoms with E-state index in [0.717, 1.165) is 18.4 Å². The van der Waals surface area contributed by atoms with Crippen molar-refractivity contribution in [3.8, 4) is 12.1 Å². The van der Waals surface area contributed by atoms with Crippen molar-refractivity contribution in [2.24, 2.45) is 10.8 Å². The van der Waals surface area contributed by atoms with E-state index in [1.165, 1.54) is 0 Å². The molecule has 4 nitrogen and oxygen atoms in total. The summed E-state index contributed by atoms with van der Waals surface area (Å²) >= 11 is 0. The van der Waals surface area contributed by atoms with Crippen LogP contribution in [0.3, 0.4) is 0 Å². The van der Waals surface area contributed by atoms with E-state index in [-0.39, 0.29) is 23.8 Å². The number of benzene rings is 1. The highest BCUT2D eigenvalue weighted by Gasteiger charge is 2.57. The number of carbonyl (C=O) groups excluding carboxylic acids is 1. The smallest absolute Gasteiger partial charge is 0.192 e. The van der Waals surface area contributed by atoms with Gasteiger partial charge in [0.05, 0.1) is 17.6 Å². The molecule has 1 saturated carbocycles. The molecule has 1 fully saturated rings. The van der Waals surface area contributed by atoms with Crippen LogP contribution in [0.2, 0.25) is 18.1 Å². The molecule has 166 valence electrons. The molecule has 5 heteroatoms. The predicted molar refractivity (Wildman–Crippen MR) is 127 cm³/mol. The van der Waals surface area contributed by atoms with Crippen LogP contribution in [0.5, 0.6) is 0 Å². The monoisotopic (exact) mass is 436 g/mol. The Morgan fingerprint density at radius 3 is 2.29 bits per heavy atom. The van der Waals surface area contributed by atoms with Gasteiger partial charge in [-0.25, -0.2) is 0 Å². The summed E-state index contributed by atoms with van der Waals surface area (Å²) in [7, 11) is -2.15. The van der Waals surface area contributed by atoms with Crippen molar-refractivity contribution in [2.75, 3.05) is 6.61 Å². The number of carbonyl (C=O) groups is 1. The molecule has 0 aliphatic heterocycles. The molecule has 0 N–H and O–H groups in total. The summed E-state index contributed by atoms with van der Waals surface area (Å²) in [5.74, 6) is -0.461. The Bertz CT molecular complexity index is 859. The molecule has 0 unspecified atom stereocenters. The van der Waals surface area contributed by atoms with E-state index < -0.39 is 25.1 Å². The van der Waals surface area contributed by atoms with Crippen molar-refractivity contribution in [3.05, 3.63) is 48.6 Å². The molecule has 2 atom stereocenters. The quantitative estimate of drug-likeness (QED) is 0.343. The van der Waals surface area contributed by atoms with E-state index in [1.807, 2.05) is 30.3 Å². The number of nitriles is 2. The van der Waals surface area contributed by atoms with Crippen molar-refractivity contribution in [1.82, 2.24) is 0 Å². The lowest BCUT2D eigenvalue weighted by Crippen LogP contribution is -2.52. The van der Waals surface area contributed by atoms with Crippen LogP contribution in [-0.4, -0.2) is 20.7 Å². The summed E-state index contributed by atoms with van der Waals surface area (Å²) in [6.45, 7) is 14.9. The minimum Gasteiger partial charge on any atom is -0.416 e. The molecule has 0 heterocycles. The molecule has 0 amide bonds. The second-order valence-electron chi connectivity index (χ2n) is 10.4. The van der Waals surface area contributed by atoms with Crippen LogP contribution in [0.25, 0.3) is 0 Å². The number of allylic oxidation sites excluding steroid dienone is 1. The summed E-state index contributed by atoms with van der Waals surface area (Å²) < 4.78 is 6.65. The van der Waals surface area contributed by atoms with Gasteiger partial charge in [-0.05, 0) is 43.0 Å². The topological polar surface area (TPSA) is 73.9 Å². The SMILES string of the molecule is C=CCC(C#N)(C#N)[C@@H](c1ccccc1)[C@@]1(CO[Si](C)(C)C(C)(C)C)CCCCC1=O. The summed E-state index contributed by atoms with van der Waals surface area (Å²) in [6, 6.07) is 14.2. The third kappa shape index (κ3) is 4.84. The predicted octanol–water partition coefficient (Wildman–Crippen LogP) is 6.53. The molecule has 0 saturated heterocycles. The number of ketones is 1. The number of rotatable bonds is 8. The maximum atomic E-state index is 13.7. The largest absolute Gasteiger partial charge is 0.416 e. The van der Waals surface area contributed by atoms with Gasteiger partial charge in [-0.3, -0.25) is 4.79 Å². The van der Waals surface area contributed by atoms with Crippen LogP contribution >= 0.6 is 0 Å². The van der Waals surface area contributed by atoms with Crippen LogP contribution in [0.1, 0.15) is 64.4 Å². The minimum absolute atomic E-state index is 0.00316. The zero-order valence-corrected chi connectivity index (χ0v) is 20.7.